The molecule has 1 aliphatic rings. The molecule has 0 spiro atoms. The van der Waals surface area contributed by atoms with E-state index >= 15 is 0 Å². The van der Waals surface area contributed by atoms with Crippen LogP contribution in [-0.4, -0.2) is 41.4 Å². The van der Waals surface area contributed by atoms with E-state index in [9.17, 15) is 9.59 Å². The van der Waals surface area contributed by atoms with E-state index in [0.29, 0.717) is 18.1 Å². The molecular formula is C23H36N2O5. The summed E-state index contributed by atoms with van der Waals surface area (Å²) in [5, 5.41) is 6.25. The lowest BCUT2D eigenvalue weighted by atomic mass is 9.99. The number of esters is 2. The van der Waals surface area contributed by atoms with Crippen molar-refractivity contribution >= 4 is 23.3 Å². The molecule has 0 saturated heterocycles. The highest BCUT2D eigenvalue weighted by Gasteiger charge is 2.31. The number of fused-ring (bicyclic) bond motifs is 1. The lowest BCUT2D eigenvalue weighted by Crippen LogP contribution is -2.31. The van der Waals surface area contributed by atoms with Crippen molar-refractivity contribution < 1.29 is 23.5 Å². The van der Waals surface area contributed by atoms with Gasteiger partial charge < -0.3 is 13.9 Å². The van der Waals surface area contributed by atoms with E-state index in [0.717, 1.165) is 17.0 Å². The number of hydrazone groups is 1. The Morgan fingerprint density at radius 2 is 1.87 bits per heavy atom. The van der Waals surface area contributed by atoms with E-state index in [1.54, 1.807) is 11.9 Å². The van der Waals surface area contributed by atoms with Crippen LogP contribution in [0.25, 0.3) is 5.70 Å². The zero-order valence-electron chi connectivity index (χ0n) is 19.8. The van der Waals surface area contributed by atoms with E-state index in [-0.39, 0.29) is 30.8 Å². The monoisotopic (exact) mass is 420 g/mol. The number of hydrogen-bond donors (Lipinski definition) is 0. The van der Waals surface area contributed by atoms with Crippen LogP contribution in [0.1, 0.15) is 79.4 Å². The fourth-order valence-corrected chi connectivity index (χ4v) is 2.93. The first-order valence-electron chi connectivity index (χ1n) is 10.6. The molecule has 0 aliphatic carbocycles. The van der Waals surface area contributed by atoms with Crippen LogP contribution in [0, 0.1) is 5.92 Å². The minimum atomic E-state index is -0.557. The van der Waals surface area contributed by atoms with Gasteiger partial charge in [-0.25, -0.2) is 0 Å². The summed E-state index contributed by atoms with van der Waals surface area (Å²) in [6.45, 7) is 17.4. The van der Waals surface area contributed by atoms with Crippen LogP contribution in [0.3, 0.4) is 0 Å². The summed E-state index contributed by atoms with van der Waals surface area (Å²) in [7, 11) is 0. The highest BCUT2D eigenvalue weighted by Crippen LogP contribution is 2.34. The third-order valence-corrected chi connectivity index (χ3v) is 3.94. The molecule has 7 nitrogen and oxygen atoms in total. The predicted molar refractivity (Wildman–Crippen MR) is 118 cm³/mol. The standard InChI is InChI=1S/C21H30N2O5.C2H6/c1-8-16-15-10-14(11-17(24)28-21(5,6)7)27-20(15)19(13(3)4)22-23(16)12-18(25)26-9-2;1-2/h8,10,13H,9,11-12H2,1-7H3;1-2H3/b16-8-;. The number of carbonyl (C=O) groups is 2. The number of hydrogen-bond acceptors (Lipinski definition) is 7. The molecule has 0 amide bonds. The Bertz CT molecular complexity index is 797. The minimum absolute atomic E-state index is 0.00968. The Kier molecular flexibility index (Phi) is 9.33. The molecule has 1 aromatic rings. The molecule has 0 unspecified atom stereocenters. The first-order chi connectivity index (χ1) is 14.1. The van der Waals surface area contributed by atoms with Gasteiger partial charge in [0.1, 0.15) is 30.0 Å². The Balaban J connectivity index is 0.00000218. The number of ether oxygens (including phenoxy) is 2. The summed E-state index contributed by atoms with van der Waals surface area (Å²) in [6, 6.07) is 1.82. The predicted octanol–water partition coefficient (Wildman–Crippen LogP) is 4.79. The van der Waals surface area contributed by atoms with Crippen molar-refractivity contribution in [1.29, 1.82) is 0 Å². The quantitative estimate of drug-likeness (QED) is 0.616. The van der Waals surface area contributed by atoms with Crippen LogP contribution in [0.2, 0.25) is 0 Å². The first kappa shape index (κ1) is 25.5. The molecule has 0 aromatic carbocycles. The first-order valence-corrected chi connectivity index (χ1v) is 10.6. The summed E-state index contributed by atoms with van der Waals surface area (Å²) in [5.74, 6) is 0.496. The van der Waals surface area contributed by atoms with Crippen molar-refractivity contribution in [2.24, 2.45) is 11.0 Å². The molecule has 0 fully saturated rings. The number of rotatable bonds is 6. The third-order valence-electron chi connectivity index (χ3n) is 3.94. The molecule has 1 aromatic heterocycles. The number of allylic oxidation sites excluding steroid dienone is 1. The second-order valence-electron chi connectivity index (χ2n) is 7.90. The minimum Gasteiger partial charge on any atom is -0.465 e. The van der Waals surface area contributed by atoms with Gasteiger partial charge in [-0.1, -0.05) is 33.8 Å². The van der Waals surface area contributed by atoms with E-state index in [1.807, 2.05) is 67.5 Å². The summed E-state index contributed by atoms with van der Waals surface area (Å²) >= 11 is 0. The molecule has 30 heavy (non-hydrogen) atoms. The van der Waals surface area contributed by atoms with Gasteiger partial charge in [0.15, 0.2) is 5.76 Å². The molecular weight excluding hydrogens is 384 g/mol. The van der Waals surface area contributed by atoms with Gasteiger partial charge >= 0.3 is 11.9 Å². The molecule has 0 N–H and O–H groups in total. The van der Waals surface area contributed by atoms with Crippen LogP contribution in [0.15, 0.2) is 21.7 Å². The molecule has 2 rings (SSSR count). The van der Waals surface area contributed by atoms with Gasteiger partial charge in [-0.15, -0.1) is 0 Å². The largest absolute Gasteiger partial charge is 0.465 e. The SMILES string of the molecule is C/C=C1/c2cc(CC(=O)OC(C)(C)C)oc2C(C(C)C)=NN1CC(=O)OCC.CC. The van der Waals surface area contributed by atoms with Crippen LogP contribution in [0.4, 0.5) is 0 Å². The Morgan fingerprint density at radius 3 is 2.37 bits per heavy atom. The summed E-state index contributed by atoms with van der Waals surface area (Å²) in [6.07, 6.45) is 1.90. The number of carbonyl (C=O) groups excluding carboxylic acids is 2. The van der Waals surface area contributed by atoms with Crippen LogP contribution in [-0.2, 0) is 25.5 Å². The highest BCUT2D eigenvalue weighted by atomic mass is 16.6. The Hall–Kier alpha value is -2.57. The maximum absolute atomic E-state index is 12.2. The fourth-order valence-electron chi connectivity index (χ4n) is 2.93. The molecule has 2 heterocycles. The van der Waals surface area contributed by atoms with Gasteiger partial charge in [0.2, 0.25) is 0 Å². The summed E-state index contributed by atoms with van der Waals surface area (Å²) < 4.78 is 16.4. The maximum atomic E-state index is 12.2. The van der Waals surface area contributed by atoms with E-state index < -0.39 is 5.60 Å². The second kappa shape index (κ2) is 11.0. The Labute approximate surface area is 180 Å². The molecule has 0 bridgehead atoms. The van der Waals surface area contributed by atoms with Gasteiger partial charge in [0.05, 0.1) is 12.3 Å². The van der Waals surface area contributed by atoms with E-state index in [2.05, 4.69) is 5.10 Å². The van der Waals surface area contributed by atoms with Crippen molar-refractivity contribution in [3.05, 3.63) is 29.2 Å². The topological polar surface area (TPSA) is 81.3 Å². The van der Waals surface area contributed by atoms with Gasteiger partial charge in [-0.2, -0.15) is 5.10 Å². The average molecular weight is 421 g/mol. The summed E-state index contributed by atoms with van der Waals surface area (Å²) in [5.41, 5.74) is 1.72. The van der Waals surface area contributed by atoms with Crippen molar-refractivity contribution in [1.82, 2.24) is 5.01 Å². The molecule has 7 heteroatoms. The van der Waals surface area contributed by atoms with Gasteiger partial charge in [-0.3, -0.25) is 14.6 Å². The van der Waals surface area contributed by atoms with Crippen molar-refractivity contribution in [2.75, 3.05) is 13.2 Å². The Morgan fingerprint density at radius 1 is 1.23 bits per heavy atom. The molecule has 0 atom stereocenters. The number of furan rings is 1. The molecule has 0 radical (unpaired) electrons. The van der Waals surface area contributed by atoms with Gasteiger partial charge in [0, 0.05) is 11.5 Å². The fraction of sp³-hybridized carbons (Fsp3) is 0.609. The second-order valence-corrected chi connectivity index (χ2v) is 7.90. The zero-order valence-corrected chi connectivity index (χ0v) is 19.8. The summed E-state index contributed by atoms with van der Waals surface area (Å²) in [4.78, 5) is 24.2. The van der Waals surface area contributed by atoms with Crippen molar-refractivity contribution in [2.45, 2.75) is 74.3 Å². The van der Waals surface area contributed by atoms with Crippen LogP contribution in [0.5, 0.6) is 0 Å². The number of nitrogens with zero attached hydrogens (tertiary/aromatic N) is 2. The molecule has 168 valence electrons. The third kappa shape index (κ3) is 6.75. The lowest BCUT2D eigenvalue weighted by Gasteiger charge is -2.27. The van der Waals surface area contributed by atoms with Crippen LogP contribution >= 0.6 is 0 Å². The van der Waals surface area contributed by atoms with Crippen molar-refractivity contribution in [3.63, 3.8) is 0 Å². The van der Waals surface area contributed by atoms with Crippen molar-refractivity contribution in [3.8, 4) is 0 Å². The van der Waals surface area contributed by atoms with E-state index in [4.69, 9.17) is 13.9 Å². The van der Waals surface area contributed by atoms with Gasteiger partial charge in [0.25, 0.3) is 0 Å². The van der Waals surface area contributed by atoms with Gasteiger partial charge in [-0.05, 0) is 40.7 Å². The average Bonchev–Trinajstić information content (AvgIpc) is 3.04. The molecule has 0 saturated carbocycles. The van der Waals surface area contributed by atoms with Crippen LogP contribution < -0.4 is 0 Å². The molecule has 1 aliphatic heterocycles. The zero-order chi connectivity index (χ0) is 23.1. The highest BCUT2D eigenvalue weighted by molar-refractivity contribution is 6.05. The normalized spacial score (nSPS) is 14.7. The maximum Gasteiger partial charge on any atom is 0.327 e. The lowest BCUT2D eigenvalue weighted by molar-refractivity contribution is -0.154. The smallest absolute Gasteiger partial charge is 0.327 e. The van der Waals surface area contributed by atoms with E-state index in [1.165, 1.54) is 0 Å².